The Balaban J connectivity index is 1.23. The summed E-state index contributed by atoms with van der Waals surface area (Å²) < 4.78 is 11.4. The Morgan fingerprint density at radius 3 is 2.74 bits per heavy atom. The van der Waals surface area contributed by atoms with Gasteiger partial charge in [0, 0.05) is 25.1 Å². The monoisotopic (exact) mass is 526 g/mol. The average molecular weight is 527 g/mol. The molecule has 1 aromatic rings. The molecule has 2 aliphatic heterocycles. The summed E-state index contributed by atoms with van der Waals surface area (Å²) in [5.74, 6) is 1.42. The summed E-state index contributed by atoms with van der Waals surface area (Å²) in [6.45, 7) is 4.57. The van der Waals surface area contributed by atoms with Crippen molar-refractivity contribution in [2.45, 2.75) is 84.1 Å². The normalized spacial score (nSPS) is 16.8. The number of hydrogen-bond acceptors (Lipinski definition) is 7. The number of amides is 2. The molecule has 1 aliphatic carbocycles. The van der Waals surface area contributed by atoms with E-state index in [1.807, 2.05) is 23.1 Å². The lowest BCUT2D eigenvalue weighted by Gasteiger charge is -2.29. The number of ether oxygens (including phenoxy) is 2. The fourth-order valence-corrected chi connectivity index (χ4v) is 5.35. The zero-order valence-electron chi connectivity index (χ0n) is 22.7. The maximum atomic E-state index is 13.1. The van der Waals surface area contributed by atoms with Gasteiger partial charge in [0.25, 0.3) is 0 Å². The number of carbonyl (C=O) groups is 3. The summed E-state index contributed by atoms with van der Waals surface area (Å²) in [4.78, 5) is 45.4. The minimum Gasteiger partial charge on any atom is -0.494 e. The first-order valence-electron chi connectivity index (χ1n) is 14.3. The number of carbonyl (C=O) groups excluding carboxylic acids is 3. The number of nitrogens with zero attached hydrogens (tertiary/aromatic N) is 3. The Hall–Kier alpha value is -3.10. The van der Waals surface area contributed by atoms with Crippen LogP contribution in [-0.4, -0.2) is 66.4 Å². The van der Waals surface area contributed by atoms with Gasteiger partial charge in [-0.05, 0) is 49.8 Å². The van der Waals surface area contributed by atoms with Crippen LogP contribution in [-0.2, 0) is 25.7 Å². The minimum absolute atomic E-state index is 0.0133. The number of guanidine groups is 1. The van der Waals surface area contributed by atoms with Crippen LogP contribution < -0.4 is 10.1 Å². The van der Waals surface area contributed by atoms with Crippen LogP contribution in [0.1, 0.15) is 83.1 Å². The molecule has 3 aliphatic rings. The third-order valence-electron chi connectivity index (χ3n) is 7.46. The maximum Gasteiger partial charge on any atom is 0.325 e. The fourth-order valence-electron chi connectivity index (χ4n) is 5.35. The Bertz CT molecular complexity index is 1000. The van der Waals surface area contributed by atoms with Gasteiger partial charge in [0.05, 0.1) is 18.9 Å². The van der Waals surface area contributed by atoms with E-state index in [1.165, 1.54) is 19.3 Å². The molecule has 208 valence electrons. The number of hydrogen-bond donors (Lipinski definition) is 1. The molecule has 0 spiro atoms. The van der Waals surface area contributed by atoms with Crippen molar-refractivity contribution in [2.24, 2.45) is 10.9 Å². The van der Waals surface area contributed by atoms with Crippen molar-refractivity contribution < 1.29 is 23.9 Å². The summed E-state index contributed by atoms with van der Waals surface area (Å²) in [6.07, 6.45) is 11.0. The molecular formula is C29H42N4O5. The standard InChI is InChI=1S/C29H42N4O5/c1-2-3-4-8-15-38-28(36)21-32(18-22-10-6-5-7-11-22)27(35)12-9-16-37-24-13-14-25-23(17-24)19-33-20-26(34)31-29(33)30-25/h13-14,17,22H,2-12,15-16,18-21H2,1H3,(H,30,31,34). The van der Waals surface area contributed by atoms with E-state index >= 15 is 0 Å². The molecule has 1 aromatic carbocycles. The number of esters is 1. The van der Waals surface area contributed by atoms with E-state index in [9.17, 15) is 14.4 Å². The van der Waals surface area contributed by atoms with Crippen LogP contribution in [0.4, 0.5) is 5.69 Å². The number of rotatable bonds is 14. The van der Waals surface area contributed by atoms with Crippen LogP contribution in [0.15, 0.2) is 23.2 Å². The first-order chi connectivity index (χ1) is 18.5. The molecule has 4 rings (SSSR count). The second kappa shape index (κ2) is 14.2. The third-order valence-corrected chi connectivity index (χ3v) is 7.46. The summed E-state index contributed by atoms with van der Waals surface area (Å²) in [5.41, 5.74) is 1.84. The van der Waals surface area contributed by atoms with Gasteiger partial charge in [-0.1, -0.05) is 45.4 Å². The van der Waals surface area contributed by atoms with Crippen molar-refractivity contribution in [3.05, 3.63) is 23.8 Å². The number of benzene rings is 1. The van der Waals surface area contributed by atoms with Crippen molar-refractivity contribution in [1.29, 1.82) is 0 Å². The fraction of sp³-hybridized carbons (Fsp3) is 0.655. The average Bonchev–Trinajstić information content (AvgIpc) is 3.28. The molecule has 0 aromatic heterocycles. The van der Waals surface area contributed by atoms with E-state index in [0.29, 0.717) is 57.6 Å². The van der Waals surface area contributed by atoms with Gasteiger partial charge < -0.3 is 19.3 Å². The van der Waals surface area contributed by atoms with Gasteiger partial charge in [-0.15, -0.1) is 0 Å². The quantitative estimate of drug-likeness (QED) is 0.286. The number of aliphatic imine (C=N–C) groups is 1. The van der Waals surface area contributed by atoms with Crippen LogP contribution >= 0.6 is 0 Å². The first kappa shape index (κ1) is 27.9. The van der Waals surface area contributed by atoms with Gasteiger partial charge in [0.15, 0.2) is 0 Å². The van der Waals surface area contributed by atoms with Crippen molar-refractivity contribution in [2.75, 3.05) is 32.8 Å². The molecule has 2 fully saturated rings. The van der Waals surface area contributed by atoms with E-state index in [1.54, 1.807) is 4.90 Å². The summed E-state index contributed by atoms with van der Waals surface area (Å²) in [5, 5.41) is 2.77. The summed E-state index contributed by atoms with van der Waals surface area (Å²) in [6, 6.07) is 5.71. The summed E-state index contributed by atoms with van der Waals surface area (Å²) >= 11 is 0. The molecule has 2 amide bonds. The lowest BCUT2D eigenvalue weighted by Crippen LogP contribution is -2.40. The predicted molar refractivity (Wildman–Crippen MR) is 145 cm³/mol. The van der Waals surface area contributed by atoms with Gasteiger partial charge >= 0.3 is 5.97 Å². The van der Waals surface area contributed by atoms with E-state index in [0.717, 1.165) is 55.5 Å². The second-order valence-corrected chi connectivity index (χ2v) is 10.6. The number of fused-ring (bicyclic) bond motifs is 2. The zero-order valence-corrected chi connectivity index (χ0v) is 22.7. The first-order valence-corrected chi connectivity index (χ1v) is 14.3. The van der Waals surface area contributed by atoms with Crippen molar-refractivity contribution in [1.82, 2.24) is 15.1 Å². The smallest absolute Gasteiger partial charge is 0.325 e. The van der Waals surface area contributed by atoms with E-state index in [2.05, 4.69) is 17.2 Å². The molecule has 0 radical (unpaired) electrons. The van der Waals surface area contributed by atoms with Crippen molar-refractivity contribution in [3.8, 4) is 5.75 Å². The lowest BCUT2D eigenvalue weighted by molar-refractivity contribution is -0.150. The SMILES string of the molecule is CCCCCCOC(=O)CN(CC1CCCCC1)C(=O)CCCOc1ccc2c(c1)CN1CC(=O)NC1=N2. The Kier molecular flexibility index (Phi) is 10.4. The topological polar surface area (TPSA) is 101 Å². The van der Waals surface area contributed by atoms with Gasteiger partial charge in [-0.25, -0.2) is 4.99 Å². The predicted octanol–water partition coefficient (Wildman–Crippen LogP) is 4.31. The molecule has 1 saturated carbocycles. The molecule has 38 heavy (non-hydrogen) atoms. The van der Waals surface area contributed by atoms with Crippen LogP contribution in [0.25, 0.3) is 0 Å². The molecule has 0 unspecified atom stereocenters. The largest absolute Gasteiger partial charge is 0.494 e. The minimum atomic E-state index is -0.309. The Morgan fingerprint density at radius 1 is 1.08 bits per heavy atom. The van der Waals surface area contributed by atoms with Crippen LogP contribution in [0.3, 0.4) is 0 Å². The summed E-state index contributed by atoms with van der Waals surface area (Å²) in [7, 11) is 0. The van der Waals surface area contributed by atoms with Crippen molar-refractivity contribution >= 4 is 29.4 Å². The van der Waals surface area contributed by atoms with E-state index < -0.39 is 0 Å². The highest BCUT2D eigenvalue weighted by Crippen LogP contribution is 2.30. The van der Waals surface area contributed by atoms with Crippen LogP contribution in [0, 0.1) is 5.92 Å². The van der Waals surface area contributed by atoms with Gasteiger partial charge in [-0.2, -0.15) is 0 Å². The van der Waals surface area contributed by atoms with Gasteiger partial charge in [0.2, 0.25) is 17.8 Å². The number of nitrogens with one attached hydrogen (secondary N) is 1. The maximum absolute atomic E-state index is 13.1. The Morgan fingerprint density at radius 2 is 1.92 bits per heavy atom. The highest BCUT2D eigenvalue weighted by atomic mass is 16.5. The van der Waals surface area contributed by atoms with Crippen LogP contribution in [0.2, 0.25) is 0 Å². The lowest BCUT2D eigenvalue weighted by atomic mass is 9.89. The molecular weight excluding hydrogens is 484 g/mol. The molecule has 2 heterocycles. The molecule has 9 nitrogen and oxygen atoms in total. The van der Waals surface area contributed by atoms with Crippen LogP contribution in [0.5, 0.6) is 5.75 Å². The molecule has 9 heteroatoms. The van der Waals surface area contributed by atoms with E-state index in [-0.39, 0.29) is 24.3 Å². The zero-order chi connectivity index (χ0) is 26.7. The molecule has 1 N–H and O–H groups in total. The van der Waals surface area contributed by atoms with Gasteiger partial charge in [0.1, 0.15) is 18.8 Å². The molecule has 1 saturated heterocycles. The van der Waals surface area contributed by atoms with Crippen molar-refractivity contribution in [3.63, 3.8) is 0 Å². The van der Waals surface area contributed by atoms with Gasteiger partial charge in [-0.3, -0.25) is 19.7 Å². The highest BCUT2D eigenvalue weighted by Gasteiger charge is 2.29. The molecule has 0 atom stereocenters. The Labute approximate surface area is 225 Å². The van der Waals surface area contributed by atoms with E-state index in [4.69, 9.17) is 9.47 Å². The third kappa shape index (κ3) is 8.20. The molecule has 0 bridgehead atoms. The highest BCUT2D eigenvalue weighted by molar-refractivity contribution is 6.05. The number of unbranched alkanes of at least 4 members (excludes halogenated alkanes) is 3. The second-order valence-electron chi connectivity index (χ2n) is 10.6.